The van der Waals surface area contributed by atoms with E-state index in [0.29, 0.717) is 40.8 Å². The molecule has 2 heterocycles. The minimum absolute atomic E-state index is 0.167. The normalized spacial score (nSPS) is 10.9. The van der Waals surface area contributed by atoms with Crippen LogP contribution in [0.3, 0.4) is 0 Å². The molecule has 0 saturated carbocycles. The SMILES string of the molecule is Cc1ccc(NC(=O)c2nnn(Cc3nc(-c4ccccc4)oc3C)c2C)cc1F. The number of benzene rings is 2. The fourth-order valence-corrected chi connectivity index (χ4v) is 3.00. The van der Waals surface area contributed by atoms with Gasteiger partial charge in [-0.25, -0.2) is 14.1 Å². The number of aromatic nitrogens is 4. The van der Waals surface area contributed by atoms with Crippen molar-refractivity contribution >= 4 is 11.6 Å². The van der Waals surface area contributed by atoms with Gasteiger partial charge in [0.25, 0.3) is 5.91 Å². The zero-order chi connectivity index (χ0) is 21.3. The van der Waals surface area contributed by atoms with Crippen LogP contribution in [0.5, 0.6) is 0 Å². The maximum absolute atomic E-state index is 13.7. The van der Waals surface area contributed by atoms with E-state index in [0.717, 1.165) is 5.56 Å². The highest BCUT2D eigenvalue weighted by atomic mass is 19.1. The molecule has 0 saturated heterocycles. The van der Waals surface area contributed by atoms with Gasteiger partial charge >= 0.3 is 0 Å². The van der Waals surface area contributed by atoms with Gasteiger partial charge in [-0.15, -0.1) is 5.10 Å². The van der Waals surface area contributed by atoms with Crippen LogP contribution in [0, 0.1) is 26.6 Å². The number of hydrogen-bond acceptors (Lipinski definition) is 5. The maximum Gasteiger partial charge on any atom is 0.278 e. The van der Waals surface area contributed by atoms with Gasteiger partial charge in [0.2, 0.25) is 5.89 Å². The predicted octanol–water partition coefficient (Wildman–Crippen LogP) is 4.30. The summed E-state index contributed by atoms with van der Waals surface area (Å²) in [5.41, 5.74) is 3.19. The van der Waals surface area contributed by atoms with Crippen molar-refractivity contribution in [1.82, 2.24) is 20.0 Å². The third-order valence-electron chi connectivity index (χ3n) is 4.84. The molecule has 0 bridgehead atoms. The molecule has 2 aromatic heterocycles. The molecule has 4 rings (SSSR count). The predicted molar refractivity (Wildman–Crippen MR) is 110 cm³/mol. The van der Waals surface area contributed by atoms with E-state index in [1.165, 1.54) is 6.07 Å². The third-order valence-corrected chi connectivity index (χ3v) is 4.84. The molecule has 0 fully saturated rings. The summed E-state index contributed by atoms with van der Waals surface area (Å²) in [5.74, 6) is 0.359. The summed E-state index contributed by atoms with van der Waals surface area (Å²) in [7, 11) is 0. The van der Waals surface area contributed by atoms with Crippen molar-refractivity contribution < 1.29 is 13.6 Å². The van der Waals surface area contributed by atoms with Crippen LogP contribution in [0.2, 0.25) is 0 Å². The average Bonchev–Trinajstić information content (AvgIpc) is 3.29. The van der Waals surface area contributed by atoms with E-state index in [1.54, 1.807) is 30.7 Å². The zero-order valence-corrected chi connectivity index (χ0v) is 16.8. The molecule has 0 aliphatic heterocycles. The Kier molecular flexibility index (Phi) is 5.14. The Morgan fingerprint density at radius 1 is 1.13 bits per heavy atom. The summed E-state index contributed by atoms with van der Waals surface area (Å²) in [6, 6.07) is 14.1. The van der Waals surface area contributed by atoms with Crippen LogP contribution in [-0.2, 0) is 6.54 Å². The van der Waals surface area contributed by atoms with Crippen molar-refractivity contribution in [2.45, 2.75) is 27.3 Å². The van der Waals surface area contributed by atoms with Crippen LogP contribution in [0.1, 0.15) is 33.2 Å². The summed E-state index contributed by atoms with van der Waals surface area (Å²) < 4.78 is 21.1. The smallest absolute Gasteiger partial charge is 0.278 e. The topological polar surface area (TPSA) is 85.8 Å². The Hall–Kier alpha value is -3.81. The number of carbonyl (C=O) groups excluding carboxylic acids is 1. The Balaban J connectivity index is 1.53. The van der Waals surface area contributed by atoms with Gasteiger partial charge in [0, 0.05) is 11.3 Å². The van der Waals surface area contributed by atoms with Gasteiger partial charge in [0.1, 0.15) is 17.3 Å². The highest BCUT2D eigenvalue weighted by Crippen LogP contribution is 2.22. The van der Waals surface area contributed by atoms with Crippen molar-refractivity contribution in [3.8, 4) is 11.5 Å². The van der Waals surface area contributed by atoms with Crippen LogP contribution in [0.15, 0.2) is 52.9 Å². The first kappa shape index (κ1) is 19.5. The Morgan fingerprint density at radius 2 is 1.90 bits per heavy atom. The minimum Gasteiger partial charge on any atom is -0.441 e. The first-order valence-corrected chi connectivity index (χ1v) is 9.41. The lowest BCUT2D eigenvalue weighted by Crippen LogP contribution is -2.14. The third kappa shape index (κ3) is 3.84. The summed E-state index contributed by atoms with van der Waals surface area (Å²) in [5, 5.41) is 10.7. The largest absolute Gasteiger partial charge is 0.441 e. The second-order valence-corrected chi connectivity index (χ2v) is 6.99. The van der Waals surface area contributed by atoms with Gasteiger partial charge in [-0.1, -0.05) is 29.5 Å². The van der Waals surface area contributed by atoms with Crippen LogP contribution >= 0.6 is 0 Å². The number of nitrogens with one attached hydrogen (secondary N) is 1. The number of hydrogen-bond donors (Lipinski definition) is 1. The Morgan fingerprint density at radius 3 is 2.63 bits per heavy atom. The number of anilines is 1. The van der Waals surface area contributed by atoms with Crippen LogP contribution in [0.25, 0.3) is 11.5 Å². The molecule has 152 valence electrons. The van der Waals surface area contributed by atoms with Gasteiger partial charge < -0.3 is 9.73 Å². The van der Waals surface area contributed by atoms with E-state index in [2.05, 4.69) is 20.6 Å². The van der Waals surface area contributed by atoms with Gasteiger partial charge in [-0.05, 0) is 50.6 Å². The van der Waals surface area contributed by atoms with E-state index in [4.69, 9.17) is 4.42 Å². The number of aryl methyl sites for hydroxylation is 2. The number of rotatable bonds is 5. The van der Waals surface area contributed by atoms with Crippen molar-refractivity contribution in [3.05, 3.63) is 82.8 Å². The second kappa shape index (κ2) is 7.90. The molecular weight excluding hydrogens is 385 g/mol. The van der Waals surface area contributed by atoms with Crippen molar-refractivity contribution in [2.24, 2.45) is 0 Å². The lowest BCUT2D eigenvalue weighted by atomic mass is 10.2. The summed E-state index contributed by atoms with van der Waals surface area (Å²) in [6.07, 6.45) is 0. The summed E-state index contributed by atoms with van der Waals surface area (Å²) >= 11 is 0. The van der Waals surface area contributed by atoms with Gasteiger partial charge in [-0.3, -0.25) is 4.79 Å². The molecule has 1 amide bonds. The lowest BCUT2D eigenvalue weighted by molar-refractivity contribution is 0.102. The molecule has 2 aromatic carbocycles. The maximum atomic E-state index is 13.7. The molecule has 0 radical (unpaired) electrons. The van der Waals surface area contributed by atoms with E-state index >= 15 is 0 Å². The van der Waals surface area contributed by atoms with Gasteiger partial charge in [0.05, 0.1) is 12.2 Å². The Labute approximate surface area is 172 Å². The molecule has 0 unspecified atom stereocenters. The quantitative estimate of drug-likeness (QED) is 0.535. The van der Waals surface area contributed by atoms with Crippen LogP contribution < -0.4 is 5.32 Å². The van der Waals surface area contributed by atoms with Gasteiger partial charge in [0.15, 0.2) is 5.69 Å². The summed E-state index contributed by atoms with van der Waals surface area (Å²) in [6.45, 7) is 5.55. The lowest BCUT2D eigenvalue weighted by Gasteiger charge is -2.06. The molecule has 1 N–H and O–H groups in total. The molecule has 0 aliphatic carbocycles. The van der Waals surface area contributed by atoms with Crippen LogP contribution in [0.4, 0.5) is 10.1 Å². The molecule has 4 aromatic rings. The Bertz CT molecular complexity index is 1210. The fourth-order valence-electron chi connectivity index (χ4n) is 3.00. The fraction of sp³-hybridized carbons (Fsp3) is 0.182. The average molecular weight is 405 g/mol. The van der Waals surface area contributed by atoms with Crippen molar-refractivity contribution in [1.29, 1.82) is 0 Å². The first-order valence-electron chi connectivity index (χ1n) is 9.41. The monoisotopic (exact) mass is 405 g/mol. The van der Waals surface area contributed by atoms with E-state index < -0.39 is 5.91 Å². The number of amides is 1. The molecule has 0 aliphatic rings. The van der Waals surface area contributed by atoms with Crippen LogP contribution in [-0.4, -0.2) is 25.9 Å². The van der Waals surface area contributed by atoms with Crippen molar-refractivity contribution in [2.75, 3.05) is 5.32 Å². The molecule has 0 spiro atoms. The molecule has 30 heavy (non-hydrogen) atoms. The zero-order valence-electron chi connectivity index (χ0n) is 16.8. The number of carbonyl (C=O) groups is 1. The molecule has 0 atom stereocenters. The van der Waals surface area contributed by atoms with E-state index in [-0.39, 0.29) is 11.5 Å². The molecular formula is C22H20FN5O2. The number of halogens is 1. The van der Waals surface area contributed by atoms with Gasteiger partial charge in [-0.2, -0.15) is 0 Å². The highest BCUT2D eigenvalue weighted by molar-refractivity contribution is 6.03. The van der Waals surface area contributed by atoms with E-state index in [1.807, 2.05) is 37.3 Å². The summed E-state index contributed by atoms with van der Waals surface area (Å²) in [4.78, 5) is 17.1. The van der Waals surface area contributed by atoms with Crippen molar-refractivity contribution in [3.63, 3.8) is 0 Å². The first-order chi connectivity index (χ1) is 14.4. The second-order valence-electron chi connectivity index (χ2n) is 6.99. The molecule has 7 nitrogen and oxygen atoms in total. The number of nitrogens with zero attached hydrogens (tertiary/aromatic N) is 4. The highest BCUT2D eigenvalue weighted by Gasteiger charge is 2.19. The number of oxazole rings is 1. The van der Waals surface area contributed by atoms with E-state index in [9.17, 15) is 9.18 Å². The molecule has 8 heteroatoms. The minimum atomic E-state index is -0.455. The standard InChI is InChI=1S/C22H20FN5O2/c1-13-9-10-17(11-18(13)23)24-21(29)20-14(2)28(27-26-20)12-19-15(3)30-22(25-19)16-7-5-4-6-8-16/h4-11H,12H2,1-3H3,(H,24,29).